The first-order valence-electron chi connectivity index (χ1n) is 12.2. The maximum absolute atomic E-state index is 14.0. The van der Waals surface area contributed by atoms with Crippen molar-refractivity contribution in [3.63, 3.8) is 0 Å². The molecule has 0 radical (unpaired) electrons. The van der Waals surface area contributed by atoms with Crippen LogP contribution in [0.3, 0.4) is 0 Å². The van der Waals surface area contributed by atoms with Gasteiger partial charge in [0.1, 0.15) is 5.75 Å². The third kappa shape index (κ3) is 4.84. The number of ether oxygens (including phenoxy) is 3. The monoisotopic (exact) mass is 542 g/mol. The van der Waals surface area contributed by atoms with Crippen molar-refractivity contribution in [1.82, 2.24) is 4.57 Å². The minimum Gasteiger partial charge on any atom is -0.504 e. The van der Waals surface area contributed by atoms with Gasteiger partial charge in [0, 0.05) is 11.1 Å². The van der Waals surface area contributed by atoms with E-state index in [1.165, 1.54) is 23.0 Å². The molecule has 1 aliphatic heterocycles. The fraction of sp³-hybridized carbons (Fsp3) is 0.167. The van der Waals surface area contributed by atoms with Crippen LogP contribution < -0.4 is 24.4 Å². The number of aromatic hydroxyl groups is 1. The molecule has 39 heavy (non-hydrogen) atoms. The van der Waals surface area contributed by atoms with E-state index < -0.39 is 12.0 Å². The lowest BCUT2D eigenvalue weighted by molar-refractivity contribution is -0.138. The van der Waals surface area contributed by atoms with E-state index in [9.17, 15) is 14.7 Å². The maximum atomic E-state index is 14.0. The van der Waals surface area contributed by atoms with E-state index in [2.05, 4.69) is 0 Å². The summed E-state index contributed by atoms with van der Waals surface area (Å²) in [5.74, 6) is 0.235. The van der Waals surface area contributed by atoms with Crippen LogP contribution in [0.25, 0.3) is 11.8 Å². The summed E-state index contributed by atoms with van der Waals surface area (Å²) < 4.78 is 18.0. The quantitative estimate of drug-likeness (QED) is 0.358. The zero-order chi connectivity index (χ0) is 27.5. The maximum Gasteiger partial charge on any atom is 0.338 e. The Hall–Kier alpha value is -4.63. The summed E-state index contributed by atoms with van der Waals surface area (Å²) in [6.45, 7) is 1.89. The van der Waals surface area contributed by atoms with E-state index in [4.69, 9.17) is 19.2 Å². The Morgan fingerprint density at radius 2 is 1.82 bits per heavy atom. The van der Waals surface area contributed by atoms with Crippen molar-refractivity contribution in [2.45, 2.75) is 13.0 Å². The van der Waals surface area contributed by atoms with E-state index in [0.717, 1.165) is 5.56 Å². The number of carbonyl (C=O) groups is 1. The second-order valence-corrected chi connectivity index (χ2v) is 9.62. The number of hydrogen-bond acceptors (Lipinski definition) is 8. The van der Waals surface area contributed by atoms with Crippen LogP contribution in [0.2, 0.25) is 0 Å². The second-order valence-electron chi connectivity index (χ2n) is 8.61. The van der Waals surface area contributed by atoms with E-state index >= 15 is 0 Å². The van der Waals surface area contributed by atoms with Crippen LogP contribution in [0, 0.1) is 0 Å². The molecule has 0 amide bonds. The Morgan fingerprint density at radius 3 is 2.54 bits per heavy atom. The second kappa shape index (κ2) is 11.0. The largest absolute Gasteiger partial charge is 0.504 e. The minimum absolute atomic E-state index is 0.0765. The molecule has 0 saturated heterocycles. The Balaban J connectivity index is 1.84. The molecule has 0 spiro atoms. The van der Waals surface area contributed by atoms with Gasteiger partial charge in [-0.25, -0.2) is 9.79 Å². The molecule has 198 valence electrons. The number of phenolic OH excluding ortho intramolecular Hbond substituents is 1. The normalized spacial score (nSPS) is 14.9. The lowest BCUT2D eigenvalue weighted by atomic mass is 9.93. The molecule has 8 nitrogen and oxygen atoms in total. The molecule has 0 saturated carbocycles. The molecule has 0 fully saturated rings. The minimum atomic E-state index is -0.827. The number of hydrogen-bond donors (Lipinski definition) is 1. The van der Waals surface area contributed by atoms with Crippen LogP contribution in [0.15, 0.2) is 88.2 Å². The number of benzene rings is 3. The number of fused-ring (bicyclic) bond motifs is 1. The number of carbonyl (C=O) groups excluding carboxylic acids is 1. The standard InChI is InChI=1S/C30H26N2O6S/c1-4-38-29(35)24-25(18-10-6-5-7-11-18)31-30-32(26(24)19-12-8-14-21(16-19)36-2)28(34)23(39-30)17-20-13-9-15-22(37-3)27(20)33/h5-17,26,33H,4H2,1-3H3/b23-17+/t26-/m1/s1. The predicted molar refractivity (Wildman–Crippen MR) is 149 cm³/mol. The Kier molecular flexibility index (Phi) is 7.33. The summed E-state index contributed by atoms with van der Waals surface area (Å²) >= 11 is 1.17. The summed E-state index contributed by atoms with van der Waals surface area (Å²) in [6, 6.07) is 20.8. The van der Waals surface area contributed by atoms with Crippen LogP contribution in [0.5, 0.6) is 17.2 Å². The lowest BCUT2D eigenvalue weighted by Gasteiger charge is -2.26. The van der Waals surface area contributed by atoms with Gasteiger partial charge >= 0.3 is 5.97 Å². The van der Waals surface area contributed by atoms with Gasteiger partial charge in [0.15, 0.2) is 16.3 Å². The summed E-state index contributed by atoms with van der Waals surface area (Å²) in [4.78, 5) is 32.7. The smallest absolute Gasteiger partial charge is 0.338 e. The van der Waals surface area contributed by atoms with Crippen LogP contribution >= 0.6 is 11.3 Å². The molecular weight excluding hydrogens is 516 g/mol. The highest BCUT2D eigenvalue weighted by Crippen LogP contribution is 2.36. The summed E-state index contributed by atoms with van der Waals surface area (Å²) in [7, 11) is 3.02. The summed E-state index contributed by atoms with van der Waals surface area (Å²) in [5, 5.41) is 10.6. The Morgan fingerprint density at radius 1 is 1.05 bits per heavy atom. The van der Waals surface area contributed by atoms with Crippen molar-refractivity contribution in [2.75, 3.05) is 20.8 Å². The number of nitrogens with zero attached hydrogens (tertiary/aromatic N) is 2. The number of methoxy groups -OCH3 is 2. The fourth-order valence-corrected chi connectivity index (χ4v) is 5.52. The molecule has 9 heteroatoms. The Bertz CT molecular complexity index is 1750. The van der Waals surface area contributed by atoms with E-state index in [-0.39, 0.29) is 23.5 Å². The first-order chi connectivity index (χ1) is 19.0. The van der Waals surface area contributed by atoms with Crippen LogP contribution in [-0.4, -0.2) is 36.5 Å². The van der Waals surface area contributed by atoms with Crippen molar-refractivity contribution >= 4 is 29.1 Å². The number of phenols is 1. The number of thiazole rings is 1. The average Bonchev–Trinajstić information content (AvgIpc) is 3.28. The summed E-state index contributed by atoms with van der Waals surface area (Å²) in [6.07, 6.45) is 1.60. The van der Waals surface area contributed by atoms with Gasteiger partial charge < -0.3 is 19.3 Å². The van der Waals surface area contributed by atoms with Crippen LogP contribution in [0.1, 0.15) is 29.7 Å². The van der Waals surface area contributed by atoms with Crippen molar-refractivity contribution < 1.29 is 24.1 Å². The molecule has 0 unspecified atom stereocenters. The van der Waals surface area contributed by atoms with Crippen molar-refractivity contribution in [2.24, 2.45) is 4.99 Å². The lowest BCUT2D eigenvalue weighted by Crippen LogP contribution is -2.40. The van der Waals surface area contributed by atoms with Gasteiger partial charge in [-0.2, -0.15) is 0 Å². The molecule has 3 aromatic carbocycles. The molecule has 0 bridgehead atoms. The van der Waals surface area contributed by atoms with Gasteiger partial charge in [-0.1, -0.05) is 65.9 Å². The molecular formula is C30H26N2O6S. The number of rotatable bonds is 7. The highest BCUT2D eigenvalue weighted by Gasteiger charge is 2.35. The fourth-order valence-electron chi connectivity index (χ4n) is 4.53. The first kappa shape index (κ1) is 26.0. The number of aromatic nitrogens is 1. The van der Waals surface area contributed by atoms with E-state index in [0.29, 0.717) is 37.7 Å². The summed E-state index contributed by atoms with van der Waals surface area (Å²) in [5.41, 5.74) is 2.13. The van der Waals surface area contributed by atoms with Gasteiger partial charge in [0.2, 0.25) is 0 Å². The van der Waals surface area contributed by atoms with Gasteiger partial charge in [0.25, 0.3) is 5.56 Å². The molecule has 0 aliphatic carbocycles. The predicted octanol–water partition coefficient (Wildman–Crippen LogP) is 3.66. The zero-order valence-electron chi connectivity index (χ0n) is 21.6. The molecule has 1 aromatic heterocycles. The average molecular weight is 543 g/mol. The van der Waals surface area contributed by atoms with Gasteiger partial charge in [-0.05, 0) is 36.8 Å². The topological polar surface area (TPSA) is 99.4 Å². The third-order valence-corrected chi connectivity index (χ3v) is 7.30. The van der Waals surface area contributed by atoms with Crippen LogP contribution in [-0.2, 0) is 9.53 Å². The number of esters is 1. The third-order valence-electron chi connectivity index (χ3n) is 6.32. The molecule has 4 aromatic rings. The number of para-hydroxylation sites is 1. The van der Waals surface area contributed by atoms with Crippen molar-refractivity contribution in [1.29, 1.82) is 0 Å². The molecule has 1 aliphatic rings. The molecule has 2 heterocycles. The first-order valence-corrected chi connectivity index (χ1v) is 13.1. The highest BCUT2D eigenvalue weighted by atomic mass is 32.1. The highest BCUT2D eigenvalue weighted by molar-refractivity contribution is 7.07. The van der Waals surface area contributed by atoms with E-state index in [1.54, 1.807) is 50.4 Å². The molecule has 5 rings (SSSR count). The van der Waals surface area contributed by atoms with Crippen LogP contribution in [0.4, 0.5) is 0 Å². The Labute approximate surface area is 228 Å². The SMILES string of the molecule is CCOC(=O)C1=C(c2ccccc2)N=c2s/c(=C/c3cccc(OC)c3O)c(=O)n2[C@@H]1c1cccc(OC)c1. The van der Waals surface area contributed by atoms with E-state index in [1.807, 2.05) is 42.5 Å². The molecule has 1 N–H and O–H groups in total. The van der Waals surface area contributed by atoms with Gasteiger partial charge in [-0.15, -0.1) is 0 Å². The van der Waals surface area contributed by atoms with Crippen molar-refractivity contribution in [3.8, 4) is 17.2 Å². The van der Waals surface area contributed by atoms with Crippen molar-refractivity contribution in [3.05, 3.63) is 115 Å². The van der Waals surface area contributed by atoms with Gasteiger partial charge in [0.05, 0.1) is 42.7 Å². The zero-order valence-corrected chi connectivity index (χ0v) is 22.4. The van der Waals surface area contributed by atoms with Gasteiger partial charge in [-0.3, -0.25) is 9.36 Å². The molecule has 1 atom stereocenters.